The molecule has 0 unspecified atom stereocenters. The van der Waals surface area contributed by atoms with Crippen LogP contribution in [-0.4, -0.2) is 52.7 Å². The summed E-state index contributed by atoms with van der Waals surface area (Å²) in [4.78, 5) is 39.6. The summed E-state index contributed by atoms with van der Waals surface area (Å²) in [5.41, 5.74) is 1.21. The van der Waals surface area contributed by atoms with Gasteiger partial charge in [0.05, 0.1) is 15.7 Å². The number of carbonyl (C=O) groups is 2. The molecule has 0 aromatic carbocycles. The van der Waals surface area contributed by atoms with Gasteiger partial charge >= 0.3 is 5.00 Å². The highest BCUT2D eigenvalue weighted by Crippen LogP contribution is 2.60. The predicted molar refractivity (Wildman–Crippen MR) is 104 cm³/mol. The van der Waals surface area contributed by atoms with Gasteiger partial charge in [-0.1, -0.05) is 36.8 Å². The van der Waals surface area contributed by atoms with Crippen molar-refractivity contribution in [1.82, 2.24) is 9.80 Å². The third-order valence-electron chi connectivity index (χ3n) is 5.55. The van der Waals surface area contributed by atoms with E-state index in [9.17, 15) is 19.7 Å². The van der Waals surface area contributed by atoms with Crippen LogP contribution in [0.4, 0.5) is 5.00 Å². The first kappa shape index (κ1) is 19.5. The topological polar surface area (TPSA) is 83.8 Å². The van der Waals surface area contributed by atoms with Crippen molar-refractivity contribution in [2.24, 2.45) is 17.3 Å². The number of piperazine rings is 1. The van der Waals surface area contributed by atoms with Gasteiger partial charge < -0.3 is 9.80 Å². The molecule has 2 amide bonds. The summed E-state index contributed by atoms with van der Waals surface area (Å²) < 4.78 is 0. The van der Waals surface area contributed by atoms with E-state index >= 15 is 0 Å². The minimum absolute atomic E-state index is 0.00889. The summed E-state index contributed by atoms with van der Waals surface area (Å²) in [6.07, 6.45) is 2.19. The Morgan fingerprint density at radius 1 is 1.19 bits per heavy atom. The second kappa shape index (κ2) is 7.07. The third kappa shape index (κ3) is 3.76. The standard InChI is InChI=1S/C19H25N3O4S/c1-12(2)11-13-16(19(13,3)4)18(24)21-9-7-20(8-10-21)17(23)14-5-6-15(27-14)22(25)26/h5-6,11,13,16H,7-10H2,1-4H3/t13-,16-/m0/s1. The zero-order chi connectivity index (χ0) is 19.9. The number of amides is 2. The van der Waals surface area contributed by atoms with Crippen LogP contribution < -0.4 is 0 Å². The van der Waals surface area contributed by atoms with E-state index < -0.39 is 4.92 Å². The molecule has 1 saturated carbocycles. The van der Waals surface area contributed by atoms with E-state index in [1.807, 2.05) is 4.90 Å². The van der Waals surface area contributed by atoms with Crippen molar-refractivity contribution in [3.05, 3.63) is 38.8 Å². The predicted octanol–water partition coefficient (Wildman–Crippen LogP) is 3.18. The summed E-state index contributed by atoms with van der Waals surface area (Å²) >= 11 is 0.893. The van der Waals surface area contributed by atoms with Crippen LogP contribution in [0, 0.1) is 27.4 Å². The Kier molecular flexibility index (Phi) is 5.12. The number of carbonyl (C=O) groups excluding carboxylic acids is 2. The Hall–Kier alpha value is -2.22. The molecule has 2 heterocycles. The van der Waals surface area contributed by atoms with Crippen LogP contribution in [0.25, 0.3) is 0 Å². The molecule has 1 aliphatic heterocycles. The van der Waals surface area contributed by atoms with Gasteiger partial charge in [-0.25, -0.2) is 0 Å². The number of rotatable bonds is 4. The lowest BCUT2D eigenvalue weighted by atomic mass is 10.1. The van der Waals surface area contributed by atoms with Crippen molar-refractivity contribution in [3.63, 3.8) is 0 Å². The molecule has 1 aliphatic carbocycles. The molecule has 8 heteroatoms. The van der Waals surface area contributed by atoms with E-state index in [4.69, 9.17) is 0 Å². The second-order valence-corrected chi connectivity index (χ2v) is 9.14. The molecule has 2 atom stereocenters. The number of nitrogens with zero attached hydrogens (tertiary/aromatic N) is 3. The quantitative estimate of drug-likeness (QED) is 0.448. The summed E-state index contributed by atoms with van der Waals surface area (Å²) in [6, 6.07) is 2.86. The van der Waals surface area contributed by atoms with Crippen molar-refractivity contribution >= 4 is 28.2 Å². The maximum Gasteiger partial charge on any atom is 0.324 e. The first-order valence-corrected chi connectivity index (χ1v) is 9.92. The Bertz CT molecular complexity index is 802. The Morgan fingerprint density at radius 3 is 2.30 bits per heavy atom. The molecule has 27 heavy (non-hydrogen) atoms. The van der Waals surface area contributed by atoms with Crippen molar-refractivity contribution in [2.75, 3.05) is 26.2 Å². The Balaban J connectivity index is 1.59. The van der Waals surface area contributed by atoms with E-state index in [0.717, 1.165) is 11.3 Å². The van der Waals surface area contributed by atoms with E-state index in [-0.39, 0.29) is 34.1 Å². The minimum Gasteiger partial charge on any atom is -0.339 e. The van der Waals surface area contributed by atoms with Crippen molar-refractivity contribution in [2.45, 2.75) is 27.7 Å². The van der Waals surface area contributed by atoms with E-state index in [1.54, 1.807) is 4.90 Å². The molecule has 7 nitrogen and oxygen atoms in total. The van der Waals surface area contributed by atoms with Crippen LogP contribution >= 0.6 is 11.3 Å². The first-order valence-electron chi connectivity index (χ1n) is 9.10. The Morgan fingerprint density at radius 2 is 1.78 bits per heavy atom. The third-order valence-corrected chi connectivity index (χ3v) is 6.58. The van der Waals surface area contributed by atoms with Crippen LogP contribution in [0.3, 0.4) is 0 Å². The van der Waals surface area contributed by atoms with Crippen molar-refractivity contribution < 1.29 is 14.5 Å². The molecule has 1 aromatic heterocycles. The van der Waals surface area contributed by atoms with Crippen LogP contribution in [0.15, 0.2) is 23.8 Å². The maximum atomic E-state index is 12.9. The molecule has 1 aromatic rings. The lowest BCUT2D eigenvalue weighted by molar-refractivity contribution is -0.380. The van der Waals surface area contributed by atoms with Crippen molar-refractivity contribution in [3.8, 4) is 0 Å². The van der Waals surface area contributed by atoms with Crippen LogP contribution in [0.1, 0.15) is 37.4 Å². The number of nitro groups is 1. The molecule has 0 spiro atoms. The number of hydrogen-bond donors (Lipinski definition) is 0. The number of thiophene rings is 1. The molecule has 0 radical (unpaired) electrons. The van der Waals surface area contributed by atoms with Gasteiger partial charge in [0.1, 0.15) is 0 Å². The van der Waals surface area contributed by atoms with Gasteiger partial charge in [0.2, 0.25) is 5.91 Å². The Labute approximate surface area is 162 Å². The maximum absolute atomic E-state index is 12.9. The van der Waals surface area contributed by atoms with E-state index in [2.05, 4.69) is 33.8 Å². The van der Waals surface area contributed by atoms with Gasteiger partial charge in [0.15, 0.2) is 0 Å². The van der Waals surface area contributed by atoms with E-state index in [0.29, 0.717) is 31.1 Å². The summed E-state index contributed by atoms with van der Waals surface area (Å²) in [5, 5.41) is 10.8. The lowest BCUT2D eigenvalue weighted by Gasteiger charge is -2.35. The van der Waals surface area contributed by atoms with Crippen LogP contribution in [-0.2, 0) is 4.79 Å². The van der Waals surface area contributed by atoms with Crippen LogP contribution in [0.2, 0.25) is 0 Å². The fourth-order valence-corrected chi connectivity index (χ4v) is 4.63. The molecule has 0 N–H and O–H groups in total. The van der Waals surface area contributed by atoms with Crippen LogP contribution in [0.5, 0.6) is 0 Å². The molecule has 2 fully saturated rings. The fraction of sp³-hybridized carbons (Fsp3) is 0.579. The molecule has 2 aliphatic rings. The monoisotopic (exact) mass is 391 g/mol. The van der Waals surface area contributed by atoms with E-state index in [1.165, 1.54) is 17.7 Å². The highest BCUT2D eigenvalue weighted by Gasteiger charge is 2.61. The zero-order valence-electron chi connectivity index (χ0n) is 16.1. The molecular weight excluding hydrogens is 366 g/mol. The minimum atomic E-state index is -0.488. The smallest absolute Gasteiger partial charge is 0.324 e. The zero-order valence-corrected chi connectivity index (χ0v) is 16.9. The summed E-state index contributed by atoms with van der Waals surface area (Å²) in [6.45, 7) is 10.3. The summed E-state index contributed by atoms with van der Waals surface area (Å²) in [7, 11) is 0. The highest BCUT2D eigenvalue weighted by molar-refractivity contribution is 7.17. The van der Waals surface area contributed by atoms with Crippen molar-refractivity contribution in [1.29, 1.82) is 0 Å². The largest absolute Gasteiger partial charge is 0.339 e. The average Bonchev–Trinajstić information content (AvgIpc) is 2.98. The average molecular weight is 391 g/mol. The SMILES string of the molecule is CC(C)=C[C@H]1[C@@H](C(=O)N2CCN(C(=O)c3ccc([N+](=O)[O-])s3)CC2)C1(C)C. The fourth-order valence-electron chi connectivity index (χ4n) is 3.84. The molecule has 0 bridgehead atoms. The molecule has 146 valence electrons. The lowest BCUT2D eigenvalue weighted by Crippen LogP contribution is -2.51. The molecular formula is C19H25N3O4S. The van der Waals surface area contributed by atoms with Gasteiger partial charge in [0.25, 0.3) is 5.91 Å². The normalized spacial score (nSPS) is 23.7. The highest BCUT2D eigenvalue weighted by atomic mass is 32.1. The first-order chi connectivity index (χ1) is 12.6. The molecule has 3 rings (SSSR count). The number of hydrogen-bond acceptors (Lipinski definition) is 5. The van der Waals surface area contributed by atoms with Gasteiger partial charge in [-0.2, -0.15) is 0 Å². The summed E-state index contributed by atoms with van der Waals surface area (Å²) in [5.74, 6) is 0.256. The van der Waals surface area contributed by atoms with Gasteiger partial charge in [-0.3, -0.25) is 19.7 Å². The number of allylic oxidation sites excluding steroid dienone is 2. The molecule has 1 saturated heterocycles. The van der Waals surface area contributed by atoms with Gasteiger partial charge in [-0.15, -0.1) is 0 Å². The second-order valence-electron chi connectivity index (χ2n) is 8.08. The van der Waals surface area contributed by atoms with Gasteiger partial charge in [0, 0.05) is 32.2 Å². The van der Waals surface area contributed by atoms with Gasteiger partial charge in [-0.05, 0) is 31.2 Å².